The largest absolute Gasteiger partial charge is 0.457 e. The van der Waals surface area contributed by atoms with Crippen LogP contribution in [0.1, 0.15) is 26.3 Å². The van der Waals surface area contributed by atoms with Gasteiger partial charge in [-0.15, -0.1) is 0 Å². The Kier molecular flexibility index (Phi) is 3.84. The van der Waals surface area contributed by atoms with E-state index in [0.29, 0.717) is 11.5 Å². The zero-order valence-corrected chi connectivity index (χ0v) is 14.3. The Bertz CT molecular complexity index is 1010. The SMILES string of the molecule is Cc1ccc(Oc2ccc3c(c2)C(=O)N(CN2C(=O)C=CC2=O)C3=O)cc1. The molecule has 0 fully saturated rings. The highest BCUT2D eigenvalue weighted by atomic mass is 16.5. The van der Waals surface area contributed by atoms with Gasteiger partial charge in [-0.2, -0.15) is 0 Å². The molecule has 2 aliphatic heterocycles. The van der Waals surface area contributed by atoms with Crippen molar-refractivity contribution >= 4 is 23.6 Å². The summed E-state index contributed by atoms with van der Waals surface area (Å²) >= 11 is 0. The quantitative estimate of drug-likeness (QED) is 0.779. The number of imide groups is 2. The Hall–Kier alpha value is -3.74. The highest BCUT2D eigenvalue weighted by Crippen LogP contribution is 2.30. The average Bonchev–Trinajstić information content (AvgIpc) is 3.09. The summed E-state index contributed by atoms with van der Waals surface area (Å²) in [6.07, 6.45) is 2.21. The molecule has 0 aromatic heterocycles. The molecule has 0 saturated carbocycles. The number of amides is 4. The summed E-state index contributed by atoms with van der Waals surface area (Å²) < 4.78 is 5.73. The molecule has 2 heterocycles. The molecule has 7 nitrogen and oxygen atoms in total. The zero-order chi connectivity index (χ0) is 19.1. The van der Waals surface area contributed by atoms with Crippen molar-refractivity contribution < 1.29 is 23.9 Å². The van der Waals surface area contributed by atoms with Crippen LogP contribution >= 0.6 is 0 Å². The van der Waals surface area contributed by atoms with E-state index in [1.165, 1.54) is 12.1 Å². The third kappa shape index (κ3) is 2.89. The highest BCUT2D eigenvalue weighted by molar-refractivity contribution is 6.22. The van der Waals surface area contributed by atoms with E-state index >= 15 is 0 Å². The number of carbonyl (C=O) groups excluding carboxylic acids is 4. The fourth-order valence-corrected chi connectivity index (χ4v) is 2.92. The number of hydrogen-bond acceptors (Lipinski definition) is 5. The molecule has 7 heteroatoms. The van der Waals surface area contributed by atoms with Crippen molar-refractivity contribution in [2.75, 3.05) is 6.67 Å². The van der Waals surface area contributed by atoms with Crippen molar-refractivity contribution in [3.63, 3.8) is 0 Å². The lowest BCUT2D eigenvalue weighted by Crippen LogP contribution is -2.43. The lowest BCUT2D eigenvalue weighted by atomic mass is 10.1. The first-order valence-electron chi connectivity index (χ1n) is 8.22. The highest BCUT2D eigenvalue weighted by Gasteiger charge is 2.39. The fraction of sp³-hybridized carbons (Fsp3) is 0.100. The maximum atomic E-state index is 12.6. The van der Waals surface area contributed by atoms with Gasteiger partial charge in [0.1, 0.15) is 18.2 Å². The fourth-order valence-electron chi connectivity index (χ4n) is 2.92. The van der Waals surface area contributed by atoms with Crippen LogP contribution in [0.2, 0.25) is 0 Å². The molecule has 134 valence electrons. The molecule has 2 aromatic carbocycles. The molecule has 0 atom stereocenters. The third-order valence-electron chi connectivity index (χ3n) is 4.38. The molecule has 27 heavy (non-hydrogen) atoms. The molecule has 0 unspecified atom stereocenters. The predicted molar refractivity (Wildman–Crippen MR) is 94.1 cm³/mol. The van der Waals surface area contributed by atoms with Crippen molar-refractivity contribution in [3.8, 4) is 11.5 Å². The second-order valence-corrected chi connectivity index (χ2v) is 6.24. The lowest BCUT2D eigenvalue weighted by molar-refractivity contribution is -0.138. The second kappa shape index (κ2) is 6.21. The Labute approximate surface area is 154 Å². The molecule has 0 radical (unpaired) electrons. The van der Waals surface area contributed by atoms with Crippen LogP contribution in [0, 0.1) is 6.92 Å². The molecule has 0 saturated heterocycles. The van der Waals surface area contributed by atoms with Crippen LogP contribution in [0.4, 0.5) is 0 Å². The van der Waals surface area contributed by atoms with Crippen LogP contribution in [0.3, 0.4) is 0 Å². The van der Waals surface area contributed by atoms with E-state index in [1.807, 2.05) is 19.1 Å². The van der Waals surface area contributed by atoms with Gasteiger partial charge in [0.2, 0.25) is 0 Å². The normalized spacial score (nSPS) is 15.7. The van der Waals surface area contributed by atoms with E-state index in [0.717, 1.165) is 27.5 Å². The van der Waals surface area contributed by atoms with Crippen LogP contribution in [0.25, 0.3) is 0 Å². The summed E-state index contributed by atoms with van der Waals surface area (Å²) in [6, 6.07) is 12.0. The Balaban J connectivity index is 1.57. The summed E-state index contributed by atoms with van der Waals surface area (Å²) in [5.74, 6) is -1.22. The van der Waals surface area contributed by atoms with E-state index in [4.69, 9.17) is 4.74 Å². The summed E-state index contributed by atoms with van der Waals surface area (Å²) in [5, 5.41) is 0. The van der Waals surface area contributed by atoms with E-state index in [9.17, 15) is 19.2 Å². The van der Waals surface area contributed by atoms with Crippen molar-refractivity contribution in [2.45, 2.75) is 6.92 Å². The number of fused-ring (bicyclic) bond motifs is 1. The van der Waals surface area contributed by atoms with Crippen LogP contribution in [-0.2, 0) is 9.59 Å². The number of rotatable bonds is 4. The van der Waals surface area contributed by atoms with Crippen molar-refractivity contribution in [3.05, 3.63) is 71.3 Å². The number of benzene rings is 2. The minimum Gasteiger partial charge on any atom is -0.457 e. The average molecular weight is 362 g/mol. The molecule has 2 aromatic rings. The van der Waals surface area contributed by atoms with Gasteiger partial charge in [0.15, 0.2) is 0 Å². The second-order valence-electron chi connectivity index (χ2n) is 6.24. The van der Waals surface area contributed by atoms with Crippen LogP contribution < -0.4 is 4.74 Å². The van der Waals surface area contributed by atoms with E-state index < -0.39 is 30.3 Å². The van der Waals surface area contributed by atoms with E-state index in [1.54, 1.807) is 18.2 Å². The first kappa shape index (κ1) is 16.7. The van der Waals surface area contributed by atoms with Crippen molar-refractivity contribution in [1.29, 1.82) is 0 Å². The molecule has 0 aliphatic carbocycles. The minimum atomic E-state index is -0.572. The van der Waals surface area contributed by atoms with Gasteiger partial charge in [0.25, 0.3) is 23.6 Å². The van der Waals surface area contributed by atoms with Gasteiger partial charge in [-0.25, -0.2) is 0 Å². The van der Waals surface area contributed by atoms with Crippen molar-refractivity contribution in [2.24, 2.45) is 0 Å². The molecular formula is C20H14N2O5. The maximum absolute atomic E-state index is 12.6. The molecule has 0 spiro atoms. The van der Waals surface area contributed by atoms with Crippen molar-refractivity contribution in [1.82, 2.24) is 9.80 Å². The van der Waals surface area contributed by atoms with Gasteiger partial charge in [-0.3, -0.25) is 29.0 Å². The summed E-state index contributed by atoms with van der Waals surface area (Å²) in [7, 11) is 0. The number of aryl methyl sites for hydroxylation is 1. The Morgan fingerprint density at radius 3 is 2.00 bits per heavy atom. The van der Waals surface area contributed by atoms with Gasteiger partial charge in [0.05, 0.1) is 11.1 Å². The monoisotopic (exact) mass is 362 g/mol. The van der Waals surface area contributed by atoms with Gasteiger partial charge in [-0.05, 0) is 37.3 Å². The Morgan fingerprint density at radius 2 is 1.33 bits per heavy atom. The Morgan fingerprint density at radius 1 is 0.741 bits per heavy atom. The molecule has 0 bridgehead atoms. The topological polar surface area (TPSA) is 84.0 Å². The van der Waals surface area contributed by atoms with E-state index in [-0.39, 0.29) is 11.1 Å². The third-order valence-corrected chi connectivity index (χ3v) is 4.38. The van der Waals surface area contributed by atoms with Crippen LogP contribution in [0.5, 0.6) is 11.5 Å². The molecule has 4 amide bonds. The van der Waals surface area contributed by atoms with E-state index in [2.05, 4.69) is 0 Å². The van der Waals surface area contributed by atoms with Crippen LogP contribution in [-0.4, -0.2) is 40.1 Å². The molecule has 2 aliphatic rings. The first-order chi connectivity index (χ1) is 12.9. The summed E-state index contributed by atoms with van der Waals surface area (Å²) in [5.41, 5.74) is 1.48. The number of nitrogens with zero attached hydrogens (tertiary/aromatic N) is 2. The van der Waals surface area contributed by atoms with Gasteiger partial charge < -0.3 is 4.74 Å². The predicted octanol–water partition coefficient (Wildman–Crippen LogP) is 2.27. The summed E-state index contributed by atoms with van der Waals surface area (Å²) in [4.78, 5) is 50.2. The smallest absolute Gasteiger partial charge is 0.263 e. The summed E-state index contributed by atoms with van der Waals surface area (Å²) in [6.45, 7) is 1.55. The molecular weight excluding hydrogens is 348 g/mol. The van der Waals surface area contributed by atoms with Crippen LogP contribution in [0.15, 0.2) is 54.6 Å². The molecule has 0 N–H and O–H groups in total. The van der Waals surface area contributed by atoms with Gasteiger partial charge in [-0.1, -0.05) is 17.7 Å². The van der Waals surface area contributed by atoms with Gasteiger partial charge in [0, 0.05) is 12.2 Å². The number of ether oxygens (including phenoxy) is 1. The zero-order valence-electron chi connectivity index (χ0n) is 14.3. The first-order valence-corrected chi connectivity index (χ1v) is 8.22. The number of hydrogen-bond donors (Lipinski definition) is 0. The lowest BCUT2D eigenvalue weighted by Gasteiger charge is -2.20. The standard InChI is InChI=1S/C20H14N2O5/c1-12-2-4-13(5-3-12)27-14-6-7-15-16(10-14)20(26)22(19(15)25)11-21-17(23)8-9-18(21)24/h2-10H,11H2,1H3. The van der Waals surface area contributed by atoms with Gasteiger partial charge >= 0.3 is 0 Å². The minimum absolute atomic E-state index is 0.177. The maximum Gasteiger partial charge on any atom is 0.263 e. The number of carbonyl (C=O) groups is 4. The molecule has 4 rings (SSSR count).